The molecule has 0 aromatic carbocycles. The zero-order valence-electron chi connectivity index (χ0n) is 8.12. The summed E-state index contributed by atoms with van der Waals surface area (Å²) in [5, 5.41) is 0. The molecule has 2 heterocycles. The quantitative estimate of drug-likeness (QED) is 0.587. The van der Waals surface area contributed by atoms with Crippen molar-refractivity contribution in [3.05, 3.63) is 0 Å². The molecule has 70 valence electrons. The lowest BCUT2D eigenvalue weighted by atomic mass is 9.88. The van der Waals surface area contributed by atoms with E-state index >= 15 is 0 Å². The van der Waals surface area contributed by atoms with Crippen LogP contribution in [0.2, 0.25) is 0 Å². The van der Waals surface area contributed by atoms with E-state index in [2.05, 4.69) is 18.7 Å². The second kappa shape index (κ2) is 3.35. The predicted molar refractivity (Wildman–Crippen MR) is 49.1 cm³/mol. The Morgan fingerprint density at radius 3 is 2.75 bits per heavy atom. The number of fused-ring (bicyclic) bond motifs is 1. The highest BCUT2D eigenvalue weighted by molar-refractivity contribution is 4.84. The molecule has 2 aliphatic rings. The smallest absolute Gasteiger partial charge is 0.0510 e. The molecule has 0 amide bonds. The number of hydrogen-bond donors (Lipinski definition) is 0. The van der Waals surface area contributed by atoms with Crippen LogP contribution in [0.25, 0.3) is 0 Å². The standard InChI is InChI=1S/C10H19NO/c1-8(2)11-4-3-9-6-12-7-10(9)5-11/h8-10H,3-7H2,1-2H3. The average molecular weight is 169 g/mol. The van der Waals surface area contributed by atoms with Crippen molar-refractivity contribution in [1.82, 2.24) is 4.90 Å². The maximum absolute atomic E-state index is 5.49. The van der Waals surface area contributed by atoms with Crippen molar-refractivity contribution in [3.63, 3.8) is 0 Å². The monoisotopic (exact) mass is 169 g/mol. The summed E-state index contributed by atoms with van der Waals surface area (Å²) in [4.78, 5) is 2.58. The van der Waals surface area contributed by atoms with Crippen molar-refractivity contribution < 1.29 is 4.74 Å². The maximum Gasteiger partial charge on any atom is 0.0510 e. The normalized spacial score (nSPS) is 37.2. The summed E-state index contributed by atoms with van der Waals surface area (Å²) in [5.74, 6) is 1.71. The molecule has 2 atom stereocenters. The molecule has 0 radical (unpaired) electrons. The van der Waals surface area contributed by atoms with Gasteiger partial charge in [-0.25, -0.2) is 0 Å². The molecule has 2 heteroatoms. The van der Waals surface area contributed by atoms with E-state index in [4.69, 9.17) is 4.74 Å². The van der Waals surface area contributed by atoms with Crippen LogP contribution in [-0.4, -0.2) is 37.2 Å². The van der Waals surface area contributed by atoms with E-state index in [1.165, 1.54) is 19.5 Å². The highest BCUT2D eigenvalue weighted by Crippen LogP contribution is 2.29. The van der Waals surface area contributed by atoms with Gasteiger partial charge in [0.25, 0.3) is 0 Å². The van der Waals surface area contributed by atoms with Crippen molar-refractivity contribution in [2.75, 3.05) is 26.3 Å². The van der Waals surface area contributed by atoms with Gasteiger partial charge in [0.2, 0.25) is 0 Å². The zero-order chi connectivity index (χ0) is 8.55. The Hall–Kier alpha value is -0.0800. The first kappa shape index (κ1) is 8.52. The Bertz CT molecular complexity index is 158. The van der Waals surface area contributed by atoms with Gasteiger partial charge in [0.1, 0.15) is 0 Å². The van der Waals surface area contributed by atoms with Gasteiger partial charge >= 0.3 is 0 Å². The Morgan fingerprint density at radius 2 is 2.00 bits per heavy atom. The third-order valence-corrected chi connectivity index (χ3v) is 3.32. The van der Waals surface area contributed by atoms with Crippen molar-refractivity contribution in [2.45, 2.75) is 26.3 Å². The Labute approximate surface area is 74.9 Å². The first-order valence-corrected chi connectivity index (χ1v) is 5.09. The van der Waals surface area contributed by atoms with Crippen LogP contribution in [0.4, 0.5) is 0 Å². The number of likely N-dealkylation sites (tertiary alicyclic amines) is 1. The predicted octanol–water partition coefficient (Wildman–Crippen LogP) is 1.36. The van der Waals surface area contributed by atoms with E-state index in [1.54, 1.807) is 0 Å². The fourth-order valence-corrected chi connectivity index (χ4v) is 2.36. The molecule has 0 aliphatic carbocycles. The molecule has 0 spiro atoms. The van der Waals surface area contributed by atoms with Gasteiger partial charge in [-0.2, -0.15) is 0 Å². The fourth-order valence-electron chi connectivity index (χ4n) is 2.36. The summed E-state index contributed by atoms with van der Waals surface area (Å²) < 4.78 is 5.49. The third-order valence-electron chi connectivity index (χ3n) is 3.32. The van der Waals surface area contributed by atoms with Crippen LogP contribution < -0.4 is 0 Å². The van der Waals surface area contributed by atoms with Gasteiger partial charge in [0.15, 0.2) is 0 Å². The lowest BCUT2D eigenvalue weighted by Crippen LogP contribution is -2.43. The van der Waals surface area contributed by atoms with Crippen molar-refractivity contribution in [2.24, 2.45) is 11.8 Å². The summed E-state index contributed by atoms with van der Waals surface area (Å²) in [6, 6.07) is 0.714. The molecule has 0 aromatic heterocycles. The van der Waals surface area contributed by atoms with Gasteiger partial charge in [-0.3, -0.25) is 0 Å². The first-order chi connectivity index (χ1) is 5.77. The van der Waals surface area contributed by atoms with Crippen molar-refractivity contribution in [3.8, 4) is 0 Å². The van der Waals surface area contributed by atoms with Gasteiger partial charge in [-0.15, -0.1) is 0 Å². The SMILES string of the molecule is CC(C)N1CCC2COCC2C1. The molecule has 2 unspecified atom stereocenters. The van der Waals surface area contributed by atoms with Gasteiger partial charge in [-0.1, -0.05) is 0 Å². The van der Waals surface area contributed by atoms with Crippen LogP contribution in [0.3, 0.4) is 0 Å². The van der Waals surface area contributed by atoms with E-state index in [1.807, 2.05) is 0 Å². The number of rotatable bonds is 1. The topological polar surface area (TPSA) is 12.5 Å². The van der Waals surface area contributed by atoms with E-state index < -0.39 is 0 Å². The summed E-state index contributed by atoms with van der Waals surface area (Å²) in [7, 11) is 0. The molecule has 2 nitrogen and oxygen atoms in total. The van der Waals surface area contributed by atoms with Gasteiger partial charge < -0.3 is 9.64 Å². The second-order valence-electron chi connectivity index (χ2n) is 4.43. The molecule has 2 aliphatic heterocycles. The molecule has 2 saturated heterocycles. The number of nitrogens with zero attached hydrogens (tertiary/aromatic N) is 1. The Kier molecular flexibility index (Phi) is 2.37. The van der Waals surface area contributed by atoms with Gasteiger partial charge in [0.05, 0.1) is 6.61 Å². The van der Waals surface area contributed by atoms with Gasteiger partial charge in [-0.05, 0) is 32.7 Å². The molecule has 0 saturated carbocycles. The van der Waals surface area contributed by atoms with Crippen LogP contribution in [0.5, 0.6) is 0 Å². The summed E-state index contributed by atoms with van der Waals surface area (Å²) in [5.41, 5.74) is 0. The Balaban J connectivity index is 1.92. The summed E-state index contributed by atoms with van der Waals surface area (Å²) in [6.45, 7) is 9.15. The second-order valence-corrected chi connectivity index (χ2v) is 4.43. The van der Waals surface area contributed by atoms with Crippen molar-refractivity contribution in [1.29, 1.82) is 0 Å². The van der Waals surface area contributed by atoms with E-state index in [0.29, 0.717) is 6.04 Å². The number of hydrogen-bond acceptors (Lipinski definition) is 2. The molecule has 0 bridgehead atoms. The molecule has 0 N–H and O–H groups in total. The number of piperidine rings is 1. The van der Waals surface area contributed by atoms with E-state index in [9.17, 15) is 0 Å². The largest absolute Gasteiger partial charge is 0.381 e. The van der Waals surface area contributed by atoms with Crippen LogP contribution in [-0.2, 0) is 4.74 Å². The maximum atomic E-state index is 5.49. The van der Waals surface area contributed by atoms with Crippen LogP contribution >= 0.6 is 0 Å². The molecular formula is C10H19NO. The fraction of sp³-hybridized carbons (Fsp3) is 1.00. The molecule has 2 fully saturated rings. The highest BCUT2D eigenvalue weighted by atomic mass is 16.5. The molecular weight excluding hydrogens is 150 g/mol. The van der Waals surface area contributed by atoms with E-state index in [-0.39, 0.29) is 0 Å². The van der Waals surface area contributed by atoms with E-state index in [0.717, 1.165) is 25.0 Å². The van der Waals surface area contributed by atoms with Gasteiger partial charge in [0, 0.05) is 25.1 Å². The van der Waals surface area contributed by atoms with Crippen LogP contribution in [0.1, 0.15) is 20.3 Å². The first-order valence-electron chi connectivity index (χ1n) is 5.09. The summed E-state index contributed by atoms with van der Waals surface area (Å²) in [6.07, 6.45) is 1.35. The molecule has 2 rings (SSSR count). The average Bonchev–Trinajstić information content (AvgIpc) is 2.49. The molecule has 0 aromatic rings. The van der Waals surface area contributed by atoms with Crippen LogP contribution in [0, 0.1) is 11.8 Å². The zero-order valence-corrected chi connectivity index (χ0v) is 8.12. The minimum Gasteiger partial charge on any atom is -0.381 e. The lowest BCUT2D eigenvalue weighted by molar-refractivity contribution is 0.117. The van der Waals surface area contributed by atoms with Crippen LogP contribution in [0.15, 0.2) is 0 Å². The molecule has 12 heavy (non-hydrogen) atoms. The Morgan fingerprint density at radius 1 is 1.25 bits per heavy atom. The third kappa shape index (κ3) is 1.50. The lowest BCUT2D eigenvalue weighted by Gasteiger charge is -2.36. The minimum atomic E-state index is 0.714. The highest BCUT2D eigenvalue weighted by Gasteiger charge is 2.34. The minimum absolute atomic E-state index is 0.714. The number of ether oxygens (including phenoxy) is 1. The summed E-state index contributed by atoms with van der Waals surface area (Å²) >= 11 is 0. The van der Waals surface area contributed by atoms with Crippen molar-refractivity contribution >= 4 is 0 Å².